The standard InChI is InChI=1S/C15H23F3N2O3/c1-13(2,3)23-12(21)20-14(22,15(16,17)18)9-11(19-20)10-7-5-4-6-8-10/h10,22H,4-9H2,1-3H3/t14-/m1/s1. The number of ether oxygens (including phenoxy) is 1. The van der Waals surface area contributed by atoms with Crippen LogP contribution in [0.3, 0.4) is 0 Å². The van der Waals surface area contributed by atoms with Crippen LogP contribution >= 0.6 is 0 Å². The molecular weight excluding hydrogens is 313 g/mol. The molecule has 0 aromatic heterocycles. The molecule has 2 rings (SSSR count). The summed E-state index contributed by atoms with van der Waals surface area (Å²) in [6.45, 7) is 4.62. The Morgan fingerprint density at radius 1 is 1.26 bits per heavy atom. The normalized spacial score (nSPS) is 27.1. The van der Waals surface area contributed by atoms with Crippen LogP contribution in [0.1, 0.15) is 59.3 Å². The average Bonchev–Trinajstić information content (AvgIpc) is 2.77. The van der Waals surface area contributed by atoms with E-state index >= 15 is 0 Å². The zero-order valence-electron chi connectivity index (χ0n) is 13.6. The van der Waals surface area contributed by atoms with Crippen molar-refractivity contribution < 1.29 is 27.8 Å². The summed E-state index contributed by atoms with van der Waals surface area (Å²) in [5, 5.41) is 14.0. The van der Waals surface area contributed by atoms with Gasteiger partial charge in [0.15, 0.2) is 0 Å². The maximum Gasteiger partial charge on any atom is 0.439 e. The first kappa shape index (κ1) is 18.0. The Kier molecular flexibility index (Phi) is 4.67. The highest BCUT2D eigenvalue weighted by Gasteiger charge is 2.64. The van der Waals surface area contributed by atoms with E-state index in [0.717, 1.165) is 32.1 Å². The minimum absolute atomic E-state index is 0.0716. The second-order valence-corrected chi connectivity index (χ2v) is 7.21. The zero-order valence-corrected chi connectivity index (χ0v) is 13.6. The molecule has 23 heavy (non-hydrogen) atoms. The third kappa shape index (κ3) is 3.79. The minimum Gasteiger partial charge on any atom is -0.442 e. The lowest BCUT2D eigenvalue weighted by Crippen LogP contribution is -2.57. The molecule has 0 aromatic carbocycles. The maximum absolute atomic E-state index is 13.4. The van der Waals surface area contributed by atoms with Crippen molar-refractivity contribution in [3.63, 3.8) is 0 Å². The van der Waals surface area contributed by atoms with E-state index in [1.807, 2.05) is 0 Å². The first-order valence-corrected chi connectivity index (χ1v) is 7.84. The van der Waals surface area contributed by atoms with Crippen LogP contribution in [0.2, 0.25) is 0 Å². The van der Waals surface area contributed by atoms with Gasteiger partial charge in [0.1, 0.15) is 5.60 Å². The fourth-order valence-electron chi connectivity index (χ4n) is 2.95. The van der Waals surface area contributed by atoms with Gasteiger partial charge in [-0.2, -0.15) is 23.3 Å². The zero-order chi connectivity index (χ0) is 17.5. The van der Waals surface area contributed by atoms with Gasteiger partial charge in [0, 0.05) is 12.1 Å². The van der Waals surface area contributed by atoms with Crippen molar-refractivity contribution in [2.24, 2.45) is 11.0 Å². The lowest BCUT2D eigenvalue weighted by molar-refractivity contribution is -0.300. The molecule has 1 heterocycles. The molecule has 1 fully saturated rings. The fourth-order valence-corrected chi connectivity index (χ4v) is 2.95. The molecule has 0 spiro atoms. The highest BCUT2D eigenvalue weighted by atomic mass is 19.4. The van der Waals surface area contributed by atoms with Gasteiger partial charge in [-0.3, -0.25) is 0 Å². The van der Waals surface area contributed by atoms with Crippen LogP contribution in [-0.2, 0) is 4.74 Å². The van der Waals surface area contributed by atoms with Gasteiger partial charge in [0.25, 0.3) is 5.72 Å². The molecule has 1 aliphatic heterocycles. The van der Waals surface area contributed by atoms with Crippen LogP contribution in [0.25, 0.3) is 0 Å². The molecule has 1 amide bonds. The SMILES string of the molecule is CC(C)(C)OC(=O)N1N=C(C2CCCCC2)C[C@@]1(O)C(F)(F)F. The summed E-state index contributed by atoms with van der Waals surface area (Å²) >= 11 is 0. The van der Waals surface area contributed by atoms with E-state index in [2.05, 4.69) is 5.10 Å². The van der Waals surface area contributed by atoms with Gasteiger partial charge < -0.3 is 9.84 Å². The molecule has 1 aliphatic carbocycles. The molecule has 0 bridgehead atoms. The smallest absolute Gasteiger partial charge is 0.439 e. The van der Waals surface area contributed by atoms with Crippen LogP contribution in [-0.4, -0.2) is 39.4 Å². The van der Waals surface area contributed by atoms with Crippen LogP contribution in [0, 0.1) is 5.92 Å². The van der Waals surface area contributed by atoms with Crippen molar-refractivity contribution >= 4 is 11.8 Å². The monoisotopic (exact) mass is 336 g/mol. The molecule has 1 atom stereocenters. The Balaban J connectivity index is 2.28. The van der Waals surface area contributed by atoms with Gasteiger partial charge in [-0.15, -0.1) is 0 Å². The number of nitrogens with zero attached hydrogens (tertiary/aromatic N) is 2. The third-order valence-electron chi connectivity index (χ3n) is 4.10. The Labute approximate surface area is 133 Å². The number of hydrazone groups is 1. The second kappa shape index (κ2) is 5.96. The molecule has 132 valence electrons. The highest BCUT2D eigenvalue weighted by molar-refractivity contribution is 5.91. The van der Waals surface area contributed by atoms with Gasteiger partial charge >= 0.3 is 12.3 Å². The number of aliphatic hydroxyl groups is 1. The number of alkyl halides is 3. The van der Waals surface area contributed by atoms with Crippen molar-refractivity contribution in [2.75, 3.05) is 0 Å². The Hall–Kier alpha value is -1.31. The predicted molar refractivity (Wildman–Crippen MR) is 77.7 cm³/mol. The van der Waals surface area contributed by atoms with E-state index in [0.29, 0.717) is 0 Å². The summed E-state index contributed by atoms with van der Waals surface area (Å²) < 4.78 is 45.0. The molecule has 0 aromatic rings. The molecule has 5 nitrogen and oxygen atoms in total. The second-order valence-electron chi connectivity index (χ2n) is 7.21. The number of amides is 1. The molecule has 1 saturated carbocycles. The van der Waals surface area contributed by atoms with E-state index in [9.17, 15) is 23.1 Å². The number of rotatable bonds is 1. The Bertz CT molecular complexity index is 493. The van der Waals surface area contributed by atoms with Crippen molar-refractivity contribution in [1.29, 1.82) is 0 Å². The fraction of sp³-hybridized carbons (Fsp3) is 0.867. The van der Waals surface area contributed by atoms with Crippen molar-refractivity contribution in [2.45, 2.75) is 76.8 Å². The predicted octanol–water partition coefficient (Wildman–Crippen LogP) is 3.81. The van der Waals surface area contributed by atoms with Gasteiger partial charge in [-0.05, 0) is 39.5 Å². The van der Waals surface area contributed by atoms with Crippen molar-refractivity contribution in [3.8, 4) is 0 Å². The average molecular weight is 336 g/mol. The van der Waals surface area contributed by atoms with Crippen LogP contribution in [0.4, 0.5) is 18.0 Å². The first-order chi connectivity index (χ1) is 10.4. The maximum atomic E-state index is 13.4. The van der Waals surface area contributed by atoms with E-state index < -0.39 is 30.0 Å². The van der Waals surface area contributed by atoms with E-state index in [-0.39, 0.29) is 16.6 Å². The summed E-state index contributed by atoms with van der Waals surface area (Å²) in [5.74, 6) is -0.120. The topological polar surface area (TPSA) is 62.1 Å². The van der Waals surface area contributed by atoms with E-state index in [1.165, 1.54) is 0 Å². The molecule has 0 radical (unpaired) electrons. The number of halogens is 3. The summed E-state index contributed by atoms with van der Waals surface area (Å²) in [5.41, 5.74) is -4.08. The molecule has 1 N–H and O–H groups in total. The molecule has 8 heteroatoms. The van der Waals surface area contributed by atoms with Crippen LogP contribution < -0.4 is 0 Å². The van der Waals surface area contributed by atoms with Gasteiger partial charge in [0.05, 0.1) is 0 Å². The minimum atomic E-state index is -5.01. The molecule has 0 unspecified atom stereocenters. The van der Waals surface area contributed by atoms with E-state index in [4.69, 9.17) is 4.74 Å². The molecular formula is C15H23F3N2O3. The Morgan fingerprint density at radius 2 is 1.83 bits per heavy atom. The largest absolute Gasteiger partial charge is 0.442 e. The number of carbonyl (C=O) groups excluding carboxylic acids is 1. The summed E-state index contributed by atoms with van der Waals surface area (Å²) in [6.07, 6.45) is -2.67. The highest BCUT2D eigenvalue weighted by Crippen LogP contribution is 2.43. The summed E-state index contributed by atoms with van der Waals surface area (Å²) in [4.78, 5) is 12.1. The van der Waals surface area contributed by atoms with Crippen molar-refractivity contribution in [1.82, 2.24) is 5.01 Å². The van der Waals surface area contributed by atoms with Gasteiger partial charge in [0.2, 0.25) is 0 Å². The number of hydrogen-bond donors (Lipinski definition) is 1. The third-order valence-corrected chi connectivity index (χ3v) is 4.10. The number of carbonyl (C=O) groups is 1. The summed E-state index contributed by atoms with van der Waals surface area (Å²) in [7, 11) is 0. The lowest BCUT2D eigenvalue weighted by atomic mass is 9.83. The Morgan fingerprint density at radius 3 is 2.30 bits per heavy atom. The van der Waals surface area contributed by atoms with Crippen LogP contribution in [0.5, 0.6) is 0 Å². The van der Waals surface area contributed by atoms with E-state index in [1.54, 1.807) is 20.8 Å². The quantitative estimate of drug-likeness (QED) is 0.792. The first-order valence-electron chi connectivity index (χ1n) is 7.84. The lowest BCUT2D eigenvalue weighted by Gasteiger charge is -2.33. The molecule has 2 aliphatic rings. The number of hydrogen-bond acceptors (Lipinski definition) is 4. The van der Waals surface area contributed by atoms with Crippen molar-refractivity contribution in [3.05, 3.63) is 0 Å². The molecule has 0 saturated heterocycles. The van der Waals surface area contributed by atoms with Gasteiger partial charge in [-0.1, -0.05) is 19.3 Å². The summed E-state index contributed by atoms with van der Waals surface area (Å²) in [6, 6.07) is 0. The van der Waals surface area contributed by atoms with Gasteiger partial charge in [-0.25, -0.2) is 4.79 Å². The van der Waals surface area contributed by atoms with Crippen LogP contribution in [0.15, 0.2) is 5.10 Å².